The van der Waals surface area contributed by atoms with E-state index in [4.69, 9.17) is 16.3 Å². The number of carbonyl (C=O) groups is 1. The summed E-state index contributed by atoms with van der Waals surface area (Å²) in [7, 11) is 0. The first-order valence-corrected chi connectivity index (χ1v) is 11.3. The molecule has 1 heterocycles. The van der Waals surface area contributed by atoms with Gasteiger partial charge in [-0.05, 0) is 53.1 Å². The molecule has 0 fully saturated rings. The number of carbonyl (C=O) groups excluding carboxylic acids is 1. The summed E-state index contributed by atoms with van der Waals surface area (Å²) in [4.78, 5) is 12.4. The number of nitrogens with zero attached hydrogens (tertiary/aromatic N) is 4. The number of tetrazole rings is 1. The Bertz CT molecular complexity index is 956. The number of hydrogen-bond acceptors (Lipinski definition) is 5. The lowest BCUT2D eigenvalue weighted by molar-refractivity contribution is -0.121. The van der Waals surface area contributed by atoms with Gasteiger partial charge >= 0.3 is 0 Å². The maximum atomic E-state index is 12.4. The van der Waals surface area contributed by atoms with Crippen LogP contribution < -0.4 is 4.74 Å². The highest BCUT2D eigenvalue weighted by Gasteiger charge is 2.13. The lowest BCUT2D eigenvalue weighted by atomic mass is 10.0. The van der Waals surface area contributed by atoms with Crippen LogP contribution in [-0.4, -0.2) is 32.6 Å². The number of Topliss-reactive ketones (excluding diaryl/α,β-unsaturated/α-hetero) is 1. The second-order valence-electron chi connectivity index (χ2n) is 7.66. The van der Waals surface area contributed by atoms with Crippen LogP contribution in [0, 0.1) is 0 Å². The largest absolute Gasteiger partial charge is 0.486 e. The van der Waals surface area contributed by atoms with Gasteiger partial charge < -0.3 is 4.74 Å². The van der Waals surface area contributed by atoms with Crippen LogP contribution in [0.3, 0.4) is 0 Å². The highest BCUT2D eigenvalue weighted by Crippen LogP contribution is 2.20. The highest BCUT2D eigenvalue weighted by atomic mass is 35.5. The normalized spacial score (nSPS) is 10.9. The van der Waals surface area contributed by atoms with Gasteiger partial charge in [-0.15, -0.1) is 5.10 Å². The van der Waals surface area contributed by atoms with Crippen molar-refractivity contribution >= 4 is 17.4 Å². The van der Waals surface area contributed by atoms with E-state index in [0.29, 0.717) is 16.6 Å². The number of rotatable bonds is 13. The first kappa shape index (κ1) is 22.9. The number of ketones is 1. The SMILES string of the molecule is CCCCCCCCc1ccc(OCC(=O)Cn2nnnc2-c2cccc(Cl)c2)cc1. The monoisotopic (exact) mass is 440 g/mol. The van der Waals surface area contributed by atoms with Crippen molar-refractivity contribution in [1.29, 1.82) is 0 Å². The molecule has 1 aromatic heterocycles. The lowest BCUT2D eigenvalue weighted by Gasteiger charge is -2.08. The molecule has 6 nitrogen and oxygen atoms in total. The molecule has 0 saturated carbocycles. The molecule has 0 aliphatic rings. The summed E-state index contributed by atoms with van der Waals surface area (Å²) in [6.07, 6.45) is 8.84. The Morgan fingerprint density at radius 2 is 1.81 bits per heavy atom. The topological polar surface area (TPSA) is 69.9 Å². The van der Waals surface area contributed by atoms with Crippen molar-refractivity contribution in [2.45, 2.75) is 58.4 Å². The molecular formula is C24H29ClN4O2. The van der Waals surface area contributed by atoms with Gasteiger partial charge in [0.25, 0.3) is 0 Å². The van der Waals surface area contributed by atoms with Gasteiger partial charge in [0, 0.05) is 10.6 Å². The first-order valence-electron chi connectivity index (χ1n) is 10.9. The van der Waals surface area contributed by atoms with Crippen molar-refractivity contribution in [2.24, 2.45) is 0 Å². The molecule has 0 aliphatic heterocycles. The van der Waals surface area contributed by atoms with Gasteiger partial charge in [-0.25, -0.2) is 4.68 Å². The van der Waals surface area contributed by atoms with E-state index in [0.717, 1.165) is 12.0 Å². The molecule has 0 bridgehead atoms. The van der Waals surface area contributed by atoms with Crippen molar-refractivity contribution in [3.8, 4) is 17.1 Å². The van der Waals surface area contributed by atoms with Crippen LogP contribution in [-0.2, 0) is 17.8 Å². The number of benzene rings is 2. The van der Waals surface area contributed by atoms with Crippen molar-refractivity contribution < 1.29 is 9.53 Å². The number of aryl methyl sites for hydroxylation is 1. The van der Waals surface area contributed by atoms with Crippen molar-refractivity contribution in [1.82, 2.24) is 20.2 Å². The second kappa shape index (κ2) is 12.2. The van der Waals surface area contributed by atoms with E-state index in [2.05, 4.69) is 34.6 Å². The number of halogens is 1. The van der Waals surface area contributed by atoms with E-state index in [-0.39, 0.29) is 18.9 Å². The van der Waals surface area contributed by atoms with Crippen LogP contribution in [0.5, 0.6) is 5.75 Å². The molecule has 0 atom stereocenters. The third kappa shape index (κ3) is 7.47. The highest BCUT2D eigenvalue weighted by molar-refractivity contribution is 6.30. The summed E-state index contributed by atoms with van der Waals surface area (Å²) in [5, 5.41) is 12.2. The number of aromatic nitrogens is 4. The lowest BCUT2D eigenvalue weighted by Crippen LogP contribution is -2.19. The Hall–Kier alpha value is -2.73. The third-order valence-electron chi connectivity index (χ3n) is 5.08. The molecule has 0 amide bonds. The molecule has 0 radical (unpaired) electrons. The Morgan fingerprint density at radius 1 is 1.03 bits per heavy atom. The average molecular weight is 441 g/mol. The van der Waals surface area contributed by atoms with Crippen LogP contribution >= 0.6 is 11.6 Å². The summed E-state index contributed by atoms with van der Waals surface area (Å²) in [6.45, 7) is 2.23. The van der Waals surface area contributed by atoms with Crippen molar-refractivity contribution in [2.75, 3.05) is 6.61 Å². The van der Waals surface area contributed by atoms with Crippen LogP contribution in [0.2, 0.25) is 5.02 Å². The average Bonchev–Trinajstić information content (AvgIpc) is 3.23. The summed E-state index contributed by atoms with van der Waals surface area (Å²) in [5.41, 5.74) is 2.06. The van der Waals surface area contributed by atoms with E-state index in [9.17, 15) is 4.79 Å². The summed E-state index contributed by atoms with van der Waals surface area (Å²) in [5.74, 6) is 1.06. The summed E-state index contributed by atoms with van der Waals surface area (Å²) < 4.78 is 7.11. The van der Waals surface area contributed by atoms with Gasteiger partial charge in [0.1, 0.15) is 18.9 Å². The van der Waals surface area contributed by atoms with Gasteiger partial charge in [0.2, 0.25) is 0 Å². The first-order chi connectivity index (χ1) is 15.2. The Morgan fingerprint density at radius 3 is 2.58 bits per heavy atom. The van der Waals surface area contributed by atoms with E-state index < -0.39 is 0 Å². The number of hydrogen-bond donors (Lipinski definition) is 0. The van der Waals surface area contributed by atoms with Gasteiger partial charge in [0.05, 0.1) is 0 Å². The van der Waals surface area contributed by atoms with E-state index in [1.165, 1.54) is 48.8 Å². The van der Waals surface area contributed by atoms with Gasteiger partial charge in [-0.3, -0.25) is 4.79 Å². The number of ether oxygens (including phenoxy) is 1. The molecule has 3 aromatic rings. The quantitative estimate of drug-likeness (QED) is 0.326. The molecular weight excluding hydrogens is 412 g/mol. The Kier molecular flexibility index (Phi) is 9.03. The molecule has 0 unspecified atom stereocenters. The van der Waals surface area contributed by atoms with Gasteiger partial charge in [0.15, 0.2) is 11.6 Å². The van der Waals surface area contributed by atoms with Crippen LogP contribution in [0.1, 0.15) is 51.0 Å². The molecule has 164 valence electrons. The maximum absolute atomic E-state index is 12.4. The standard InChI is InChI=1S/C24H29ClN4O2/c1-2-3-4-5-6-7-9-19-12-14-23(15-13-19)31-18-22(30)17-29-24(26-27-28-29)20-10-8-11-21(25)16-20/h8,10-16H,2-7,9,17-18H2,1H3. The minimum Gasteiger partial charge on any atom is -0.486 e. The second-order valence-corrected chi connectivity index (χ2v) is 8.10. The van der Waals surface area contributed by atoms with E-state index >= 15 is 0 Å². The van der Waals surface area contributed by atoms with Crippen LogP contribution in [0.4, 0.5) is 0 Å². The molecule has 0 saturated heterocycles. The zero-order valence-electron chi connectivity index (χ0n) is 18.0. The van der Waals surface area contributed by atoms with Crippen LogP contribution in [0.25, 0.3) is 11.4 Å². The van der Waals surface area contributed by atoms with Crippen molar-refractivity contribution in [3.63, 3.8) is 0 Å². The van der Waals surface area contributed by atoms with E-state index in [1.807, 2.05) is 24.3 Å². The fraction of sp³-hybridized carbons (Fsp3) is 0.417. The molecule has 0 N–H and O–H groups in total. The number of unbranched alkanes of at least 4 members (excludes halogenated alkanes) is 5. The minimum atomic E-state index is -0.119. The van der Waals surface area contributed by atoms with Gasteiger partial charge in [-0.1, -0.05) is 74.9 Å². The fourth-order valence-corrected chi connectivity index (χ4v) is 3.57. The zero-order chi connectivity index (χ0) is 21.9. The molecule has 0 spiro atoms. The predicted molar refractivity (Wildman–Crippen MR) is 122 cm³/mol. The maximum Gasteiger partial charge on any atom is 0.191 e. The Labute approximate surface area is 188 Å². The third-order valence-corrected chi connectivity index (χ3v) is 5.32. The fourth-order valence-electron chi connectivity index (χ4n) is 3.38. The molecule has 31 heavy (non-hydrogen) atoms. The minimum absolute atomic E-state index is 0.0327. The predicted octanol–water partition coefficient (Wildman–Crippen LogP) is 5.54. The molecule has 7 heteroatoms. The van der Waals surface area contributed by atoms with Crippen LogP contribution in [0.15, 0.2) is 48.5 Å². The summed E-state index contributed by atoms with van der Waals surface area (Å²) >= 11 is 6.04. The smallest absolute Gasteiger partial charge is 0.191 e. The van der Waals surface area contributed by atoms with Crippen molar-refractivity contribution in [3.05, 3.63) is 59.1 Å². The molecule has 3 rings (SSSR count). The molecule has 2 aromatic carbocycles. The summed E-state index contributed by atoms with van der Waals surface area (Å²) in [6, 6.07) is 15.2. The zero-order valence-corrected chi connectivity index (χ0v) is 18.7. The Balaban J connectivity index is 1.44. The molecule has 0 aliphatic carbocycles. The van der Waals surface area contributed by atoms with Gasteiger partial charge in [-0.2, -0.15) is 0 Å². The van der Waals surface area contributed by atoms with E-state index in [1.54, 1.807) is 12.1 Å².